The quantitative estimate of drug-likeness (QED) is 0.249. The molecular weight excluding hydrogens is 682 g/mol. The number of hydrogen-bond donors (Lipinski definition) is 1. The lowest BCUT2D eigenvalue weighted by Crippen LogP contribution is -2.59. The van der Waals surface area contributed by atoms with E-state index in [0.29, 0.717) is 43.9 Å². The first-order valence-electron chi connectivity index (χ1n) is 22.4. The molecule has 0 bridgehead atoms. The van der Waals surface area contributed by atoms with Crippen LogP contribution in [0.1, 0.15) is 212 Å². The van der Waals surface area contributed by atoms with Gasteiger partial charge in [0, 0.05) is 34.9 Å². The molecule has 4 aliphatic rings. The summed E-state index contributed by atoms with van der Waals surface area (Å²) in [6.45, 7) is 62.1. The van der Waals surface area contributed by atoms with E-state index < -0.39 is 12.0 Å². The van der Waals surface area contributed by atoms with Gasteiger partial charge in [-0.25, -0.2) is 4.39 Å². The van der Waals surface area contributed by atoms with Crippen molar-refractivity contribution < 1.29 is 18.6 Å². The average Bonchev–Trinajstić information content (AvgIpc) is 3.79. The lowest BCUT2D eigenvalue weighted by atomic mass is 9.49. The molecule has 1 atom stereocenters. The number of nitrogens with one attached hydrogen (secondary N) is 1. The molecule has 0 radical (unpaired) electrons. The van der Waals surface area contributed by atoms with E-state index in [0.717, 1.165) is 58.5 Å². The monoisotopic (exact) mass is 782 g/mol. The predicted octanol–water partition coefficient (Wildman–Crippen LogP) is 14.7. The molecular formula is C50H100FNO3. The zero-order valence-electron chi connectivity index (χ0n) is 42.0. The molecule has 1 saturated carbocycles. The SMILES string of the molecule is CC(C)(C)C1(C(C)(C)C)CCC(F)CC1.CC(C)(C)C1(C(C)(C)C)CN1.CC(C)(C)C1(C(C)(C)C)OCCCO1.CC1COCC(C(C)(C)C)(C(C)(C)C)C1. The Hall–Kier alpha value is -0.230. The third-order valence-electron chi connectivity index (χ3n) is 14.9. The molecule has 4 rings (SSSR count). The smallest absolute Gasteiger partial charge is 0.177 e. The van der Waals surface area contributed by atoms with E-state index >= 15 is 0 Å². The van der Waals surface area contributed by atoms with Crippen LogP contribution in [0.5, 0.6) is 0 Å². The summed E-state index contributed by atoms with van der Waals surface area (Å²) in [5, 5.41) is 3.53. The van der Waals surface area contributed by atoms with Gasteiger partial charge in [0.15, 0.2) is 5.79 Å². The molecule has 4 fully saturated rings. The Morgan fingerprint density at radius 3 is 1.05 bits per heavy atom. The summed E-state index contributed by atoms with van der Waals surface area (Å²) < 4.78 is 31.1. The molecule has 0 aromatic heterocycles. The largest absolute Gasteiger partial charge is 0.381 e. The number of ether oxygens (including phenoxy) is 3. The fourth-order valence-electron chi connectivity index (χ4n) is 11.8. The molecule has 3 aliphatic heterocycles. The highest BCUT2D eigenvalue weighted by molar-refractivity contribution is 5.17. The Labute approximate surface area is 345 Å². The minimum absolute atomic E-state index is 0.00562. The Bertz CT molecular complexity index is 1080. The molecule has 55 heavy (non-hydrogen) atoms. The lowest BCUT2D eigenvalue weighted by molar-refractivity contribution is -0.358. The Morgan fingerprint density at radius 1 is 0.509 bits per heavy atom. The number of rotatable bonds is 0. The molecule has 3 saturated heterocycles. The van der Waals surface area contributed by atoms with Gasteiger partial charge in [-0.05, 0) is 82.3 Å². The van der Waals surface area contributed by atoms with Crippen molar-refractivity contribution in [2.45, 2.75) is 229 Å². The van der Waals surface area contributed by atoms with Crippen molar-refractivity contribution in [3.8, 4) is 0 Å². The molecule has 0 spiro atoms. The van der Waals surface area contributed by atoms with Crippen LogP contribution in [0.15, 0.2) is 0 Å². The van der Waals surface area contributed by atoms with Crippen molar-refractivity contribution in [3.05, 3.63) is 0 Å². The van der Waals surface area contributed by atoms with Crippen LogP contribution in [0.25, 0.3) is 0 Å². The van der Waals surface area contributed by atoms with E-state index in [-0.39, 0.29) is 21.7 Å². The zero-order chi connectivity index (χ0) is 43.8. The Kier molecular flexibility index (Phi) is 16.7. The van der Waals surface area contributed by atoms with Crippen LogP contribution >= 0.6 is 0 Å². The highest BCUT2D eigenvalue weighted by Gasteiger charge is 2.59. The maximum Gasteiger partial charge on any atom is 0.177 e. The summed E-state index contributed by atoms with van der Waals surface area (Å²) >= 11 is 0. The number of hydrogen-bond acceptors (Lipinski definition) is 4. The zero-order valence-corrected chi connectivity index (χ0v) is 42.0. The molecule has 3 heterocycles. The minimum atomic E-state index is -0.553. The summed E-state index contributed by atoms with van der Waals surface area (Å²) in [5.74, 6) is 0.246. The predicted molar refractivity (Wildman–Crippen MR) is 238 cm³/mol. The first kappa shape index (κ1) is 52.8. The molecule has 0 aromatic rings. The van der Waals surface area contributed by atoms with Crippen LogP contribution in [-0.4, -0.2) is 50.5 Å². The molecule has 1 N–H and O–H groups in total. The van der Waals surface area contributed by atoms with Crippen LogP contribution in [0.2, 0.25) is 0 Å². The second-order valence-electron chi connectivity index (χ2n) is 26.6. The van der Waals surface area contributed by atoms with Crippen molar-refractivity contribution in [2.24, 2.45) is 60.1 Å². The highest BCUT2D eigenvalue weighted by Crippen LogP contribution is 2.60. The van der Waals surface area contributed by atoms with Crippen LogP contribution in [0.3, 0.4) is 0 Å². The van der Waals surface area contributed by atoms with Crippen molar-refractivity contribution in [1.82, 2.24) is 5.32 Å². The Morgan fingerprint density at radius 2 is 0.855 bits per heavy atom. The van der Waals surface area contributed by atoms with Crippen LogP contribution in [0, 0.1) is 60.1 Å². The first-order valence-corrected chi connectivity index (χ1v) is 22.4. The van der Waals surface area contributed by atoms with Gasteiger partial charge in [0.2, 0.25) is 0 Å². The van der Waals surface area contributed by atoms with Crippen molar-refractivity contribution in [1.29, 1.82) is 0 Å². The van der Waals surface area contributed by atoms with Gasteiger partial charge in [-0.1, -0.05) is 173 Å². The normalized spacial score (nSPS) is 24.9. The van der Waals surface area contributed by atoms with Gasteiger partial charge in [0.05, 0.1) is 19.8 Å². The van der Waals surface area contributed by atoms with E-state index in [1.807, 2.05) is 0 Å². The van der Waals surface area contributed by atoms with Crippen molar-refractivity contribution >= 4 is 0 Å². The van der Waals surface area contributed by atoms with Crippen molar-refractivity contribution in [2.75, 3.05) is 33.0 Å². The fourth-order valence-corrected chi connectivity index (χ4v) is 11.8. The number of halogens is 1. The van der Waals surface area contributed by atoms with Gasteiger partial charge >= 0.3 is 0 Å². The van der Waals surface area contributed by atoms with E-state index in [4.69, 9.17) is 14.2 Å². The maximum absolute atomic E-state index is 13.3. The van der Waals surface area contributed by atoms with Crippen LogP contribution in [0.4, 0.5) is 4.39 Å². The third kappa shape index (κ3) is 11.7. The van der Waals surface area contributed by atoms with E-state index in [1.165, 1.54) is 13.0 Å². The summed E-state index contributed by atoms with van der Waals surface area (Å²) in [6, 6.07) is 0. The second-order valence-corrected chi connectivity index (χ2v) is 26.6. The first-order chi connectivity index (χ1) is 24.1. The van der Waals surface area contributed by atoms with E-state index in [1.54, 1.807) is 0 Å². The standard InChI is InChI=1S/C14H27F.C14H28O.C12H24O2.C10H21N/c1-12(2,3)14(13(4,5)6)9-7-11(15)8-10-14;1-11-8-14(10-15-9-11,12(2,3)4)13(5,6)7;1-10(2,3)12(11(4,5)6)13-8-7-9-14-12;1-8(2,3)10(7-11-10)9(4,5)6/h11H,7-10H2,1-6H3;11H,8-10H2,1-7H3;7-9H2,1-6H3;11H,7H2,1-6H3. The van der Waals surface area contributed by atoms with Crippen LogP contribution in [-0.2, 0) is 14.2 Å². The molecule has 1 aliphatic carbocycles. The van der Waals surface area contributed by atoms with Gasteiger partial charge in [0.25, 0.3) is 0 Å². The highest BCUT2D eigenvalue weighted by atomic mass is 19.1. The molecule has 4 nitrogen and oxygen atoms in total. The van der Waals surface area contributed by atoms with Crippen LogP contribution < -0.4 is 5.32 Å². The van der Waals surface area contributed by atoms with E-state index in [2.05, 4.69) is 178 Å². The minimum Gasteiger partial charge on any atom is -0.381 e. The molecule has 0 amide bonds. The van der Waals surface area contributed by atoms with Gasteiger partial charge in [-0.2, -0.15) is 0 Å². The maximum atomic E-state index is 13.3. The molecule has 0 aromatic carbocycles. The Balaban J connectivity index is 0.000000369. The summed E-state index contributed by atoms with van der Waals surface area (Å²) in [4.78, 5) is 0. The van der Waals surface area contributed by atoms with Crippen molar-refractivity contribution in [3.63, 3.8) is 0 Å². The molecule has 1 unspecified atom stereocenters. The topological polar surface area (TPSA) is 49.6 Å². The molecule has 5 heteroatoms. The summed E-state index contributed by atoms with van der Waals surface area (Å²) in [7, 11) is 0. The van der Waals surface area contributed by atoms with Gasteiger partial charge in [0.1, 0.15) is 6.17 Å². The second kappa shape index (κ2) is 17.4. The fraction of sp³-hybridized carbons (Fsp3) is 1.00. The number of alkyl halides is 1. The van der Waals surface area contributed by atoms with Gasteiger partial charge in [-0.3, -0.25) is 0 Å². The third-order valence-corrected chi connectivity index (χ3v) is 14.9. The van der Waals surface area contributed by atoms with Gasteiger partial charge < -0.3 is 19.5 Å². The summed E-state index contributed by atoms with van der Waals surface area (Å²) in [5.41, 5.74) is 2.89. The lowest BCUT2D eigenvalue weighted by Gasteiger charge is -2.56. The molecule has 330 valence electrons. The summed E-state index contributed by atoms with van der Waals surface area (Å²) in [6.07, 6.45) is 5.35. The van der Waals surface area contributed by atoms with E-state index in [9.17, 15) is 4.39 Å². The van der Waals surface area contributed by atoms with Gasteiger partial charge in [-0.15, -0.1) is 0 Å². The average molecular weight is 782 g/mol.